The highest BCUT2D eigenvalue weighted by atomic mass is 16.6. The van der Waals surface area contributed by atoms with Crippen molar-refractivity contribution in [2.24, 2.45) is 5.10 Å². The van der Waals surface area contributed by atoms with Crippen molar-refractivity contribution in [2.45, 2.75) is 13.8 Å². The van der Waals surface area contributed by atoms with Crippen molar-refractivity contribution in [2.75, 3.05) is 5.43 Å². The lowest BCUT2D eigenvalue weighted by Crippen LogP contribution is -2.01. The summed E-state index contributed by atoms with van der Waals surface area (Å²) in [6.45, 7) is 3.45. The summed E-state index contributed by atoms with van der Waals surface area (Å²) in [6.07, 6.45) is 0. The second kappa shape index (κ2) is 6.04. The lowest BCUT2D eigenvalue weighted by atomic mass is 10.2. The number of nitro groups is 2. The van der Waals surface area contributed by atoms with E-state index >= 15 is 0 Å². The molecule has 0 atom stereocenters. The van der Waals surface area contributed by atoms with E-state index in [0.717, 1.165) is 12.1 Å². The van der Waals surface area contributed by atoms with Crippen LogP contribution in [0.1, 0.15) is 18.4 Å². The van der Waals surface area contributed by atoms with Crippen LogP contribution in [0.4, 0.5) is 17.1 Å². The van der Waals surface area contributed by atoms with Gasteiger partial charge in [0.1, 0.15) is 22.9 Å². The second-order valence-corrected chi connectivity index (χ2v) is 4.43. The van der Waals surface area contributed by atoms with E-state index in [2.05, 4.69) is 10.5 Å². The van der Waals surface area contributed by atoms with Crippen LogP contribution in [0.5, 0.6) is 0 Å². The zero-order valence-electron chi connectivity index (χ0n) is 11.8. The summed E-state index contributed by atoms with van der Waals surface area (Å²) < 4.78 is 5.37. The van der Waals surface area contributed by atoms with Gasteiger partial charge in [-0.05, 0) is 32.0 Å². The first-order valence-corrected chi connectivity index (χ1v) is 6.18. The van der Waals surface area contributed by atoms with Crippen molar-refractivity contribution >= 4 is 22.8 Å². The summed E-state index contributed by atoms with van der Waals surface area (Å²) in [5.41, 5.74) is 2.28. The van der Waals surface area contributed by atoms with E-state index in [-0.39, 0.29) is 11.4 Å². The Kier molecular flexibility index (Phi) is 4.16. The Balaban J connectivity index is 2.29. The predicted molar refractivity (Wildman–Crippen MR) is 79.0 cm³/mol. The molecule has 0 aliphatic rings. The number of nitro benzene ring substituents is 2. The summed E-state index contributed by atoms with van der Waals surface area (Å²) in [5, 5.41) is 25.6. The molecule has 1 aromatic carbocycles. The Hall–Kier alpha value is -3.23. The third kappa shape index (κ3) is 3.26. The molecule has 9 heteroatoms. The van der Waals surface area contributed by atoms with E-state index in [9.17, 15) is 20.2 Å². The Bertz CT molecular complexity index is 766. The predicted octanol–water partition coefficient (Wildman–Crippen LogP) is 3.24. The van der Waals surface area contributed by atoms with Gasteiger partial charge in [-0.25, -0.2) is 0 Å². The van der Waals surface area contributed by atoms with E-state index in [1.54, 1.807) is 26.0 Å². The average molecular weight is 304 g/mol. The molecule has 0 saturated carbocycles. The van der Waals surface area contributed by atoms with Crippen LogP contribution in [-0.4, -0.2) is 15.6 Å². The highest BCUT2D eigenvalue weighted by Crippen LogP contribution is 2.29. The smallest absolute Gasteiger partial charge is 0.301 e. The molecule has 0 aliphatic heterocycles. The van der Waals surface area contributed by atoms with Crippen molar-refractivity contribution in [3.63, 3.8) is 0 Å². The summed E-state index contributed by atoms with van der Waals surface area (Å²) in [7, 11) is 0. The lowest BCUT2D eigenvalue weighted by Gasteiger charge is -2.03. The Morgan fingerprint density at radius 3 is 2.45 bits per heavy atom. The minimum absolute atomic E-state index is 0.0539. The first-order valence-electron chi connectivity index (χ1n) is 6.18. The first kappa shape index (κ1) is 15.2. The van der Waals surface area contributed by atoms with E-state index in [1.165, 1.54) is 6.07 Å². The fourth-order valence-corrected chi connectivity index (χ4v) is 1.71. The molecule has 1 aromatic heterocycles. The molecule has 114 valence electrons. The van der Waals surface area contributed by atoms with Crippen LogP contribution in [0.3, 0.4) is 0 Å². The van der Waals surface area contributed by atoms with Crippen molar-refractivity contribution in [1.82, 2.24) is 0 Å². The average Bonchev–Trinajstić information content (AvgIpc) is 2.91. The number of hydrogen-bond donors (Lipinski definition) is 1. The van der Waals surface area contributed by atoms with Gasteiger partial charge >= 0.3 is 5.69 Å². The summed E-state index contributed by atoms with van der Waals surface area (Å²) in [6, 6.07) is 6.77. The normalized spacial score (nSPS) is 11.3. The van der Waals surface area contributed by atoms with Gasteiger partial charge in [0.25, 0.3) is 5.69 Å². The minimum atomic E-state index is -0.711. The van der Waals surface area contributed by atoms with Gasteiger partial charge < -0.3 is 4.42 Å². The third-order valence-electron chi connectivity index (χ3n) is 2.83. The van der Waals surface area contributed by atoms with Crippen molar-refractivity contribution in [1.29, 1.82) is 0 Å². The van der Waals surface area contributed by atoms with Gasteiger partial charge in [-0.15, -0.1) is 0 Å². The topological polar surface area (TPSA) is 124 Å². The summed E-state index contributed by atoms with van der Waals surface area (Å²) >= 11 is 0. The van der Waals surface area contributed by atoms with Crippen LogP contribution in [0.2, 0.25) is 0 Å². The molecule has 2 aromatic rings. The number of hydrogen-bond acceptors (Lipinski definition) is 7. The fraction of sp³-hybridized carbons (Fsp3) is 0.154. The molecule has 0 amide bonds. The van der Waals surface area contributed by atoms with Gasteiger partial charge in [0.2, 0.25) is 0 Å². The van der Waals surface area contributed by atoms with Crippen LogP contribution in [0, 0.1) is 27.2 Å². The summed E-state index contributed by atoms with van der Waals surface area (Å²) in [5.74, 6) is 1.24. The molecule has 22 heavy (non-hydrogen) atoms. The third-order valence-corrected chi connectivity index (χ3v) is 2.83. The molecule has 0 fully saturated rings. The molecule has 0 spiro atoms. The largest absolute Gasteiger partial charge is 0.460 e. The number of hydrazone groups is 1. The second-order valence-electron chi connectivity index (χ2n) is 4.43. The van der Waals surface area contributed by atoms with Gasteiger partial charge in [-0.1, -0.05) is 0 Å². The van der Waals surface area contributed by atoms with Crippen LogP contribution < -0.4 is 5.43 Å². The highest BCUT2D eigenvalue weighted by molar-refractivity contribution is 5.96. The van der Waals surface area contributed by atoms with Crippen molar-refractivity contribution in [3.05, 3.63) is 62.1 Å². The lowest BCUT2D eigenvalue weighted by molar-refractivity contribution is -0.393. The monoisotopic (exact) mass is 304 g/mol. The Morgan fingerprint density at radius 1 is 1.18 bits per heavy atom. The van der Waals surface area contributed by atoms with Crippen LogP contribution >= 0.6 is 0 Å². The van der Waals surface area contributed by atoms with Gasteiger partial charge in [0, 0.05) is 6.07 Å². The maximum Gasteiger partial charge on any atom is 0.301 e. The number of rotatable bonds is 5. The maximum atomic E-state index is 11.0. The standard InChI is InChI=1S/C13H12N4O5/c1-8-3-6-13(22-8)9(2)14-15-11-5-4-10(16(18)19)7-12(11)17(20)21/h3-7,15H,1-2H3/b14-9+. The highest BCUT2D eigenvalue weighted by Gasteiger charge is 2.19. The number of nitrogens with one attached hydrogen (secondary N) is 1. The van der Waals surface area contributed by atoms with E-state index in [1.807, 2.05) is 0 Å². The molecule has 1 N–H and O–H groups in total. The van der Waals surface area contributed by atoms with Gasteiger partial charge in [-0.3, -0.25) is 25.7 Å². The first-order chi connectivity index (χ1) is 10.4. The number of anilines is 1. The van der Waals surface area contributed by atoms with Crippen LogP contribution in [0.15, 0.2) is 39.9 Å². The van der Waals surface area contributed by atoms with Crippen LogP contribution in [-0.2, 0) is 0 Å². The molecule has 2 rings (SSSR count). The fourth-order valence-electron chi connectivity index (χ4n) is 1.71. The number of furan rings is 1. The Morgan fingerprint density at radius 2 is 1.91 bits per heavy atom. The molecule has 1 heterocycles. The number of aryl methyl sites for hydroxylation is 1. The molecule has 9 nitrogen and oxygen atoms in total. The molecule has 0 saturated heterocycles. The Labute approximate surface area is 124 Å². The van der Waals surface area contributed by atoms with Gasteiger partial charge in [-0.2, -0.15) is 5.10 Å². The zero-order chi connectivity index (χ0) is 16.3. The van der Waals surface area contributed by atoms with Gasteiger partial charge in [0.15, 0.2) is 0 Å². The van der Waals surface area contributed by atoms with E-state index in [0.29, 0.717) is 17.2 Å². The minimum Gasteiger partial charge on any atom is -0.460 e. The SMILES string of the molecule is C/C(=N\Nc1ccc([N+](=O)[O-])cc1[N+](=O)[O-])c1ccc(C)o1. The number of nitrogens with zero attached hydrogens (tertiary/aromatic N) is 3. The van der Waals surface area contributed by atoms with E-state index in [4.69, 9.17) is 4.42 Å². The molecule has 0 aliphatic carbocycles. The quantitative estimate of drug-likeness (QED) is 0.513. The zero-order valence-corrected chi connectivity index (χ0v) is 11.8. The van der Waals surface area contributed by atoms with Crippen molar-refractivity contribution in [3.8, 4) is 0 Å². The van der Waals surface area contributed by atoms with E-state index < -0.39 is 15.5 Å². The van der Waals surface area contributed by atoms with Crippen LogP contribution in [0.25, 0.3) is 0 Å². The van der Waals surface area contributed by atoms with Crippen molar-refractivity contribution < 1.29 is 14.3 Å². The molecule has 0 bridgehead atoms. The maximum absolute atomic E-state index is 11.0. The molecule has 0 radical (unpaired) electrons. The number of non-ortho nitro benzene ring substituents is 1. The molecular formula is C13H12N4O5. The summed E-state index contributed by atoms with van der Waals surface area (Å²) in [4.78, 5) is 20.2. The number of benzene rings is 1. The molecule has 0 unspecified atom stereocenters. The molecular weight excluding hydrogens is 292 g/mol. The van der Waals surface area contributed by atoms with Gasteiger partial charge in [0.05, 0.1) is 15.9 Å².